The average molecular weight is 571 g/mol. The standard InChI is InChI=1S/C26H30IN5O2/c1-30-10-8-21(9-11-30)32-14-12-31(13-15-32)20-5-3-19(4-6-20)28-17-24-23-16-18(27)2-7-22(23)25(33)29-26(24)34/h2-7,16-17,21,28H,8-15H2,1H3,(H,29,33,34)/b24-17-. The zero-order valence-corrected chi connectivity index (χ0v) is 21.5. The number of anilines is 2. The summed E-state index contributed by atoms with van der Waals surface area (Å²) in [6, 6.07) is 14.6. The number of piperazine rings is 1. The highest BCUT2D eigenvalue weighted by Gasteiger charge is 2.28. The van der Waals surface area contributed by atoms with Gasteiger partial charge in [0.2, 0.25) is 0 Å². The van der Waals surface area contributed by atoms with Crippen LogP contribution in [0.1, 0.15) is 28.8 Å². The molecule has 0 radical (unpaired) electrons. The van der Waals surface area contributed by atoms with E-state index in [9.17, 15) is 9.59 Å². The lowest BCUT2D eigenvalue weighted by Crippen LogP contribution is -2.52. The van der Waals surface area contributed by atoms with Crippen LogP contribution in [0.2, 0.25) is 0 Å². The molecule has 2 N–H and O–H groups in total. The first kappa shape index (κ1) is 23.3. The maximum Gasteiger partial charge on any atom is 0.260 e. The minimum absolute atomic E-state index is 0.353. The second-order valence-electron chi connectivity index (χ2n) is 9.28. The topological polar surface area (TPSA) is 67.9 Å². The number of halogens is 1. The van der Waals surface area contributed by atoms with E-state index in [-0.39, 0.29) is 11.8 Å². The van der Waals surface area contributed by atoms with Crippen molar-refractivity contribution in [2.75, 3.05) is 56.5 Å². The van der Waals surface area contributed by atoms with Gasteiger partial charge in [-0.25, -0.2) is 0 Å². The molecule has 2 amide bonds. The highest BCUT2D eigenvalue weighted by molar-refractivity contribution is 14.1. The van der Waals surface area contributed by atoms with Gasteiger partial charge in [0.1, 0.15) is 0 Å². The molecule has 2 fully saturated rings. The van der Waals surface area contributed by atoms with E-state index in [0.717, 1.165) is 41.5 Å². The van der Waals surface area contributed by atoms with Crippen LogP contribution in [0.5, 0.6) is 0 Å². The van der Waals surface area contributed by atoms with Gasteiger partial charge < -0.3 is 15.1 Å². The number of likely N-dealkylation sites (tertiary alicyclic amines) is 1. The van der Waals surface area contributed by atoms with Crippen molar-refractivity contribution in [3.63, 3.8) is 0 Å². The van der Waals surface area contributed by atoms with Crippen molar-refractivity contribution in [3.8, 4) is 0 Å². The lowest BCUT2D eigenvalue weighted by atomic mass is 9.95. The first-order valence-electron chi connectivity index (χ1n) is 11.9. The molecule has 0 saturated carbocycles. The molecule has 2 aromatic carbocycles. The number of imide groups is 1. The van der Waals surface area contributed by atoms with Gasteiger partial charge >= 0.3 is 0 Å². The zero-order chi connectivity index (χ0) is 23.7. The molecule has 2 saturated heterocycles. The van der Waals surface area contributed by atoms with E-state index in [1.165, 1.54) is 31.6 Å². The van der Waals surface area contributed by atoms with Gasteiger partial charge in [-0.2, -0.15) is 0 Å². The Morgan fingerprint density at radius 2 is 1.62 bits per heavy atom. The van der Waals surface area contributed by atoms with Gasteiger partial charge in [-0.15, -0.1) is 0 Å². The molecule has 0 spiro atoms. The summed E-state index contributed by atoms with van der Waals surface area (Å²) in [4.78, 5) is 32.2. The fraction of sp³-hybridized carbons (Fsp3) is 0.385. The predicted octanol–water partition coefficient (Wildman–Crippen LogP) is 3.23. The molecule has 3 heterocycles. The highest BCUT2D eigenvalue weighted by atomic mass is 127. The average Bonchev–Trinajstić information content (AvgIpc) is 2.85. The molecule has 8 heteroatoms. The van der Waals surface area contributed by atoms with Crippen molar-refractivity contribution in [1.29, 1.82) is 0 Å². The van der Waals surface area contributed by atoms with Gasteiger partial charge in [0.25, 0.3) is 11.8 Å². The monoisotopic (exact) mass is 571 g/mol. The molecule has 0 atom stereocenters. The molecular formula is C26H30IN5O2. The number of nitrogens with one attached hydrogen (secondary N) is 2. The second-order valence-corrected chi connectivity index (χ2v) is 10.5. The third-order valence-electron chi connectivity index (χ3n) is 7.12. The molecule has 0 bridgehead atoms. The number of hydrogen-bond acceptors (Lipinski definition) is 6. The number of carbonyl (C=O) groups excluding carboxylic acids is 2. The summed E-state index contributed by atoms with van der Waals surface area (Å²) < 4.78 is 0.977. The lowest BCUT2D eigenvalue weighted by molar-refractivity contribution is -0.114. The van der Waals surface area contributed by atoms with Crippen LogP contribution in [0.25, 0.3) is 5.57 Å². The Kier molecular flexibility index (Phi) is 6.89. The molecule has 0 aliphatic carbocycles. The lowest BCUT2D eigenvalue weighted by Gasteiger charge is -2.42. The van der Waals surface area contributed by atoms with Gasteiger partial charge in [0, 0.05) is 64.5 Å². The van der Waals surface area contributed by atoms with Crippen molar-refractivity contribution >= 4 is 51.4 Å². The normalized spacial score (nSPS) is 21.5. The Balaban J connectivity index is 1.21. The Morgan fingerprint density at radius 1 is 0.912 bits per heavy atom. The molecule has 3 aliphatic heterocycles. The minimum Gasteiger partial charge on any atom is -0.369 e. The summed E-state index contributed by atoms with van der Waals surface area (Å²) in [6.45, 7) is 6.75. The molecule has 178 valence electrons. The van der Waals surface area contributed by atoms with Crippen LogP contribution in [-0.2, 0) is 4.79 Å². The summed E-state index contributed by atoms with van der Waals surface area (Å²) >= 11 is 2.19. The van der Waals surface area contributed by atoms with Gasteiger partial charge in [-0.3, -0.25) is 19.8 Å². The van der Waals surface area contributed by atoms with Crippen molar-refractivity contribution in [2.45, 2.75) is 18.9 Å². The van der Waals surface area contributed by atoms with Crippen LogP contribution in [0, 0.1) is 3.57 Å². The van der Waals surface area contributed by atoms with Crippen LogP contribution in [0.4, 0.5) is 11.4 Å². The number of benzene rings is 2. The Bertz CT molecular complexity index is 1100. The maximum atomic E-state index is 12.5. The minimum atomic E-state index is -0.383. The smallest absolute Gasteiger partial charge is 0.260 e. The maximum absolute atomic E-state index is 12.5. The van der Waals surface area contributed by atoms with Gasteiger partial charge in [-0.1, -0.05) is 0 Å². The van der Waals surface area contributed by atoms with Crippen molar-refractivity contribution < 1.29 is 9.59 Å². The number of rotatable bonds is 4. The van der Waals surface area contributed by atoms with Gasteiger partial charge in [0.15, 0.2) is 0 Å². The zero-order valence-electron chi connectivity index (χ0n) is 19.4. The van der Waals surface area contributed by atoms with E-state index in [0.29, 0.717) is 16.7 Å². The number of amides is 2. The first-order chi connectivity index (χ1) is 16.5. The van der Waals surface area contributed by atoms with Crippen LogP contribution in [0.3, 0.4) is 0 Å². The quantitative estimate of drug-likeness (QED) is 0.334. The van der Waals surface area contributed by atoms with Crippen LogP contribution in [-0.4, -0.2) is 74.0 Å². The van der Waals surface area contributed by atoms with E-state index in [2.05, 4.69) is 67.1 Å². The van der Waals surface area contributed by atoms with Gasteiger partial charge in [0.05, 0.1) is 5.57 Å². The molecule has 7 nitrogen and oxygen atoms in total. The Labute approximate surface area is 214 Å². The molecule has 5 rings (SSSR count). The summed E-state index contributed by atoms with van der Waals surface area (Å²) in [5.74, 6) is -0.736. The highest BCUT2D eigenvalue weighted by Crippen LogP contribution is 2.27. The molecule has 2 aromatic rings. The van der Waals surface area contributed by atoms with Crippen LogP contribution < -0.4 is 15.5 Å². The van der Waals surface area contributed by atoms with Gasteiger partial charge in [-0.05, 0) is 98.0 Å². The number of carbonyl (C=O) groups is 2. The second kappa shape index (κ2) is 10.1. The summed E-state index contributed by atoms with van der Waals surface area (Å²) in [5, 5.41) is 5.66. The Hall–Kier alpha value is -2.43. The summed E-state index contributed by atoms with van der Waals surface area (Å²) in [6.07, 6.45) is 4.25. The fourth-order valence-electron chi connectivity index (χ4n) is 5.07. The van der Waals surface area contributed by atoms with E-state index in [1.807, 2.05) is 24.3 Å². The third kappa shape index (κ3) is 4.99. The number of hydrogen-bond donors (Lipinski definition) is 2. The molecule has 34 heavy (non-hydrogen) atoms. The van der Waals surface area contributed by atoms with E-state index >= 15 is 0 Å². The number of fused-ring (bicyclic) bond motifs is 1. The van der Waals surface area contributed by atoms with E-state index in [4.69, 9.17) is 0 Å². The molecule has 0 unspecified atom stereocenters. The van der Waals surface area contributed by atoms with E-state index < -0.39 is 0 Å². The van der Waals surface area contributed by atoms with Crippen LogP contribution >= 0.6 is 22.6 Å². The van der Waals surface area contributed by atoms with Crippen molar-refractivity contribution in [3.05, 3.63) is 63.4 Å². The molecule has 0 aromatic heterocycles. The predicted molar refractivity (Wildman–Crippen MR) is 144 cm³/mol. The molecular weight excluding hydrogens is 541 g/mol. The number of piperidine rings is 1. The summed E-state index contributed by atoms with van der Waals surface area (Å²) in [5.41, 5.74) is 3.76. The van der Waals surface area contributed by atoms with Crippen LogP contribution in [0.15, 0.2) is 48.7 Å². The van der Waals surface area contributed by atoms with E-state index in [1.54, 1.807) is 12.3 Å². The SMILES string of the molecule is CN1CCC(N2CCN(c3ccc(N/C=C4\C(=O)NC(=O)c5ccc(I)cc54)cc3)CC2)CC1. The third-order valence-corrected chi connectivity index (χ3v) is 7.79. The fourth-order valence-corrected chi connectivity index (χ4v) is 5.56. The summed E-state index contributed by atoms with van der Waals surface area (Å²) in [7, 11) is 2.22. The number of nitrogens with zero attached hydrogens (tertiary/aromatic N) is 3. The molecule has 3 aliphatic rings. The first-order valence-corrected chi connectivity index (χ1v) is 13.0. The van der Waals surface area contributed by atoms with Crippen molar-refractivity contribution in [2.24, 2.45) is 0 Å². The van der Waals surface area contributed by atoms with Crippen molar-refractivity contribution in [1.82, 2.24) is 15.1 Å². The Morgan fingerprint density at radius 3 is 2.32 bits per heavy atom. The largest absolute Gasteiger partial charge is 0.369 e.